The topological polar surface area (TPSA) is 30.0 Å². The van der Waals surface area contributed by atoms with Crippen LogP contribution in [-0.4, -0.2) is 11.3 Å². The Kier molecular flexibility index (Phi) is 2.45. The molecule has 0 saturated carbocycles. The minimum atomic E-state index is -0.442. The van der Waals surface area contributed by atoms with Gasteiger partial charge in [0.25, 0.3) is 0 Å². The summed E-state index contributed by atoms with van der Waals surface area (Å²) < 4.78 is 0. The van der Waals surface area contributed by atoms with E-state index in [4.69, 9.17) is 0 Å². The third-order valence-electron chi connectivity index (χ3n) is 1.13. The lowest BCUT2D eigenvalue weighted by Gasteiger charge is -1.98. The molecule has 0 spiro atoms. The Morgan fingerprint density at radius 3 is 2.60 bits per heavy atom. The molecule has 0 amide bonds. The summed E-state index contributed by atoms with van der Waals surface area (Å²) in [4.78, 5) is 13.9. The van der Waals surface area contributed by atoms with E-state index in [2.05, 4.69) is 17.6 Å². The van der Waals surface area contributed by atoms with Crippen molar-refractivity contribution in [2.75, 3.05) is 0 Å². The van der Waals surface area contributed by atoms with Gasteiger partial charge in [0, 0.05) is 12.4 Å². The smallest absolute Gasteiger partial charge is 0.216 e. The molecule has 0 saturated heterocycles. The van der Waals surface area contributed by atoms with Gasteiger partial charge in [-0.3, -0.25) is 9.78 Å². The Balaban J connectivity index is 2.84. The zero-order valence-electron chi connectivity index (χ0n) is 5.19. The molecule has 1 heterocycles. The van der Waals surface area contributed by atoms with Crippen LogP contribution in [0.2, 0.25) is 0 Å². The highest BCUT2D eigenvalue weighted by atomic mass is 32.1. The van der Waals surface area contributed by atoms with Crippen LogP contribution in [0, 0.1) is 0 Å². The van der Waals surface area contributed by atoms with Crippen LogP contribution >= 0.6 is 12.6 Å². The summed E-state index contributed by atoms with van der Waals surface area (Å²) in [5.41, 5.74) is 0.827. The second-order valence-electron chi connectivity index (χ2n) is 1.80. The number of hydrogen-bond donors (Lipinski definition) is 1. The summed E-state index contributed by atoms with van der Waals surface area (Å²) in [6.45, 7) is 0. The first-order valence-electron chi connectivity index (χ1n) is 2.80. The molecular formula is C7H6NOS. The van der Waals surface area contributed by atoms with Gasteiger partial charge < -0.3 is 0 Å². The predicted octanol–water partition coefficient (Wildman–Crippen LogP) is 1.16. The number of carbonyl (C=O) groups excluding carboxylic acids is 1. The average Bonchev–Trinajstić information content (AvgIpc) is 2.05. The van der Waals surface area contributed by atoms with Gasteiger partial charge in [0.05, 0.1) is 5.25 Å². The van der Waals surface area contributed by atoms with Crippen molar-refractivity contribution in [3.63, 3.8) is 0 Å². The summed E-state index contributed by atoms with van der Waals surface area (Å²) in [6.07, 6.45) is 5.01. The highest BCUT2D eigenvalue weighted by Gasteiger charge is 2.02. The van der Waals surface area contributed by atoms with Gasteiger partial charge in [-0.25, -0.2) is 0 Å². The Labute approximate surface area is 64.7 Å². The fraction of sp³-hybridized carbons (Fsp3) is 0.143. The standard InChI is InChI=1S/C7H6NOS/c9-5-7(10)6-1-3-8-4-2-6/h1-4,7,10H. The highest BCUT2D eigenvalue weighted by Crippen LogP contribution is 2.14. The quantitative estimate of drug-likeness (QED) is 0.644. The van der Waals surface area contributed by atoms with E-state index in [9.17, 15) is 4.79 Å². The van der Waals surface area contributed by atoms with Gasteiger partial charge in [-0.2, -0.15) is 12.6 Å². The molecule has 1 atom stereocenters. The van der Waals surface area contributed by atoms with Crippen molar-refractivity contribution in [1.29, 1.82) is 0 Å². The van der Waals surface area contributed by atoms with Crippen molar-refractivity contribution >= 4 is 18.9 Å². The molecule has 1 radical (unpaired) electrons. The molecule has 51 valence electrons. The zero-order valence-corrected chi connectivity index (χ0v) is 6.08. The second kappa shape index (κ2) is 3.37. The van der Waals surface area contributed by atoms with E-state index < -0.39 is 5.25 Å². The second-order valence-corrected chi connectivity index (χ2v) is 2.32. The van der Waals surface area contributed by atoms with Gasteiger partial charge in [0.2, 0.25) is 6.29 Å². The monoisotopic (exact) mass is 152 g/mol. The first kappa shape index (κ1) is 7.28. The van der Waals surface area contributed by atoms with Crippen LogP contribution in [-0.2, 0) is 4.79 Å². The molecule has 0 aliphatic carbocycles. The SMILES string of the molecule is O=[C]C(S)c1ccncc1. The number of rotatable bonds is 2. The number of hydrogen-bond acceptors (Lipinski definition) is 3. The predicted molar refractivity (Wildman–Crippen MR) is 41.7 cm³/mol. The average molecular weight is 152 g/mol. The van der Waals surface area contributed by atoms with Gasteiger partial charge in [-0.15, -0.1) is 0 Å². The van der Waals surface area contributed by atoms with Crippen LogP contribution in [0.25, 0.3) is 0 Å². The molecule has 0 aromatic carbocycles. The molecule has 0 fully saturated rings. The third-order valence-corrected chi connectivity index (χ3v) is 1.54. The summed E-state index contributed by atoms with van der Waals surface area (Å²) in [6, 6.07) is 3.48. The summed E-state index contributed by atoms with van der Waals surface area (Å²) in [7, 11) is 0. The van der Waals surface area contributed by atoms with Crippen molar-refractivity contribution < 1.29 is 4.79 Å². The maximum Gasteiger partial charge on any atom is 0.216 e. The van der Waals surface area contributed by atoms with Gasteiger partial charge in [0.15, 0.2) is 0 Å². The molecule has 0 bridgehead atoms. The Hall–Kier alpha value is -0.830. The molecule has 1 aromatic heterocycles. The van der Waals surface area contributed by atoms with Crippen molar-refractivity contribution in [3.8, 4) is 0 Å². The zero-order chi connectivity index (χ0) is 7.40. The van der Waals surface area contributed by atoms with Gasteiger partial charge in [-0.1, -0.05) is 0 Å². The lowest BCUT2D eigenvalue weighted by Crippen LogP contribution is -1.89. The summed E-state index contributed by atoms with van der Waals surface area (Å²) in [5.74, 6) is 0. The first-order valence-corrected chi connectivity index (χ1v) is 3.32. The van der Waals surface area contributed by atoms with Crippen LogP contribution in [0.5, 0.6) is 0 Å². The molecule has 1 rings (SSSR count). The Morgan fingerprint density at radius 2 is 2.10 bits per heavy atom. The summed E-state index contributed by atoms with van der Waals surface area (Å²) in [5, 5.41) is -0.442. The van der Waals surface area contributed by atoms with Gasteiger partial charge in [0.1, 0.15) is 0 Å². The fourth-order valence-electron chi connectivity index (χ4n) is 0.614. The number of nitrogens with zero attached hydrogens (tertiary/aromatic N) is 1. The normalized spacial score (nSPS) is 12.5. The number of pyridine rings is 1. The van der Waals surface area contributed by atoms with E-state index in [-0.39, 0.29) is 0 Å². The van der Waals surface area contributed by atoms with Crippen LogP contribution < -0.4 is 0 Å². The molecule has 1 aromatic rings. The maximum absolute atomic E-state index is 10.1. The molecule has 10 heavy (non-hydrogen) atoms. The van der Waals surface area contributed by atoms with Crippen molar-refractivity contribution in [2.45, 2.75) is 5.25 Å². The van der Waals surface area contributed by atoms with Crippen LogP contribution in [0.3, 0.4) is 0 Å². The van der Waals surface area contributed by atoms with Crippen LogP contribution in [0.1, 0.15) is 10.8 Å². The fourth-order valence-corrected chi connectivity index (χ4v) is 0.786. The highest BCUT2D eigenvalue weighted by molar-refractivity contribution is 7.81. The minimum absolute atomic E-state index is 0.442. The number of aromatic nitrogens is 1. The lowest BCUT2D eigenvalue weighted by molar-refractivity contribution is 0.554. The minimum Gasteiger partial charge on any atom is -0.289 e. The molecule has 0 aliphatic heterocycles. The molecule has 3 heteroatoms. The van der Waals surface area contributed by atoms with Crippen LogP contribution in [0.4, 0.5) is 0 Å². The van der Waals surface area contributed by atoms with Crippen LogP contribution in [0.15, 0.2) is 24.5 Å². The van der Waals surface area contributed by atoms with E-state index >= 15 is 0 Å². The van der Waals surface area contributed by atoms with E-state index in [0.29, 0.717) is 0 Å². The molecule has 1 unspecified atom stereocenters. The Morgan fingerprint density at radius 1 is 1.50 bits per heavy atom. The number of thiol groups is 1. The van der Waals surface area contributed by atoms with E-state index in [1.807, 2.05) is 0 Å². The molecule has 0 N–H and O–H groups in total. The molecule has 0 aliphatic rings. The summed E-state index contributed by atoms with van der Waals surface area (Å²) >= 11 is 3.97. The molecule has 2 nitrogen and oxygen atoms in total. The van der Waals surface area contributed by atoms with E-state index in [1.165, 1.54) is 0 Å². The Bertz CT molecular complexity index is 212. The largest absolute Gasteiger partial charge is 0.289 e. The maximum atomic E-state index is 10.1. The lowest BCUT2D eigenvalue weighted by atomic mass is 10.2. The van der Waals surface area contributed by atoms with Crippen molar-refractivity contribution in [1.82, 2.24) is 4.98 Å². The van der Waals surface area contributed by atoms with Gasteiger partial charge in [-0.05, 0) is 17.7 Å². The first-order chi connectivity index (χ1) is 4.84. The van der Waals surface area contributed by atoms with Crippen molar-refractivity contribution in [3.05, 3.63) is 30.1 Å². The molecular weight excluding hydrogens is 146 g/mol. The van der Waals surface area contributed by atoms with Crippen molar-refractivity contribution in [2.24, 2.45) is 0 Å². The van der Waals surface area contributed by atoms with Gasteiger partial charge >= 0.3 is 0 Å². The third kappa shape index (κ3) is 1.57. The van der Waals surface area contributed by atoms with E-state index in [1.54, 1.807) is 30.8 Å². The van der Waals surface area contributed by atoms with E-state index in [0.717, 1.165) is 5.56 Å².